The number of nitrogens with zero attached hydrogens (tertiary/aromatic N) is 3. The summed E-state index contributed by atoms with van der Waals surface area (Å²) in [6, 6.07) is 4.49. The van der Waals surface area contributed by atoms with Crippen LogP contribution in [0.3, 0.4) is 0 Å². The Morgan fingerprint density at radius 1 is 1.26 bits per heavy atom. The van der Waals surface area contributed by atoms with E-state index in [4.69, 9.17) is 0 Å². The molecule has 2 aromatic rings. The van der Waals surface area contributed by atoms with Crippen molar-refractivity contribution >= 4 is 5.91 Å². The van der Waals surface area contributed by atoms with Crippen LogP contribution in [0.15, 0.2) is 24.3 Å². The van der Waals surface area contributed by atoms with Crippen LogP contribution in [0.4, 0.5) is 13.2 Å². The first-order chi connectivity index (χ1) is 8.97. The third kappa shape index (κ3) is 3.27. The summed E-state index contributed by atoms with van der Waals surface area (Å²) < 4.78 is 37.0. The predicted octanol–water partition coefficient (Wildman–Crippen LogP) is 1.15. The minimum absolute atomic E-state index is 0.0749. The van der Waals surface area contributed by atoms with E-state index in [0.717, 1.165) is 12.1 Å². The second kappa shape index (κ2) is 5.04. The predicted molar refractivity (Wildman–Crippen MR) is 56.8 cm³/mol. The Morgan fingerprint density at radius 3 is 2.47 bits per heavy atom. The van der Waals surface area contributed by atoms with Crippen LogP contribution in [0.25, 0.3) is 0 Å². The van der Waals surface area contributed by atoms with Gasteiger partial charge in [-0.1, -0.05) is 12.1 Å². The quantitative estimate of drug-likeness (QED) is 0.877. The van der Waals surface area contributed by atoms with Crippen LogP contribution in [0.2, 0.25) is 0 Å². The molecule has 6 nitrogen and oxygen atoms in total. The van der Waals surface area contributed by atoms with E-state index in [-0.39, 0.29) is 12.4 Å². The van der Waals surface area contributed by atoms with E-state index < -0.39 is 17.6 Å². The van der Waals surface area contributed by atoms with Gasteiger partial charge in [0.25, 0.3) is 11.7 Å². The van der Waals surface area contributed by atoms with Gasteiger partial charge in [0, 0.05) is 6.54 Å². The van der Waals surface area contributed by atoms with Gasteiger partial charge in [-0.25, -0.2) is 0 Å². The average Bonchev–Trinajstić information content (AvgIpc) is 2.89. The van der Waals surface area contributed by atoms with Crippen LogP contribution < -0.4 is 5.32 Å². The fourth-order valence-electron chi connectivity index (χ4n) is 1.33. The third-order valence-corrected chi connectivity index (χ3v) is 2.28. The molecule has 0 unspecified atom stereocenters. The fourth-order valence-corrected chi connectivity index (χ4v) is 1.33. The van der Waals surface area contributed by atoms with E-state index in [2.05, 4.69) is 25.9 Å². The van der Waals surface area contributed by atoms with Crippen molar-refractivity contribution in [3.05, 3.63) is 41.2 Å². The Morgan fingerprint density at radius 2 is 1.95 bits per heavy atom. The number of alkyl halides is 3. The van der Waals surface area contributed by atoms with Gasteiger partial charge in [-0.15, -0.1) is 10.2 Å². The highest BCUT2D eigenvalue weighted by Gasteiger charge is 2.29. The SMILES string of the molecule is O=C(NCc1ccc(C(F)(F)F)cc1)c1nn[nH]n1. The molecule has 0 radical (unpaired) electrons. The molecule has 0 fully saturated rings. The van der Waals surface area contributed by atoms with Crippen LogP contribution in [0.1, 0.15) is 21.7 Å². The number of rotatable bonds is 3. The van der Waals surface area contributed by atoms with Crippen molar-refractivity contribution in [1.29, 1.82) is 0 Å². The number of benzene rings is 1. The van der Waals surface area contributed by atoms with Crippen molar-refractivity contribution in [2.45, 2.75) is 12.7 Å². The van der Waals surface area contributed by atoms with Crippen molar-refractivity contribution in [2.24, 2.45) is 0 Å². The lowest BCUT2D eigenvalue weighted by molar-refractivity contribution is -0.137. The molecule has 0 aliphatic carbocycles. The second-order valence-electron chi connectivity index (χ2n) is 3.61. The topological polar surface area (TPSA) is 83.6 Å². The molecule has 9 heteroatoms. The maximum atomic E-state index is 12.3. The minimum atomic E-state index is -4.37. The number of halogens is 3. The molecular weight excluding hydrogens is 263 g/mol. The molecule has 0 aliphatic rings. The molecule has 1 aromatic carbocycles. The lowest BCUT2D eigenvalue weighted by atomic mass is 10.1. The number of aromatic amines is 1. The first-order valence-electron chi connectivity index (χ1n) is 5.14. The van der Waals surface area contributed by atoms with Gasteiger partial charge in [-0.05, 0) is 22.9 Å². The molecule has 0 saturated carbocycles. The maximum Gasteiger partial charge on any atom is 0.416 e. The minimum Gasteiger partial charge on any atom is -0.345 e. The van der Waals surface area contributed by atoms with Gasteiger partial charge in [-0.2, -0.15) is 18.4 Å². The molecule has 1 amide bonds. The molecule has 0 atom stereocenters. The van der Waals surface area contributed by atoms with Gasteiger partial charge >= 0.3 is 6.18 Å². The summed E-state index contributed by atoms with van der Waals surface area (Å²) in [7, 11) is 0. The first kappa shape index (κ1) is 13.0. The molecule has 0 bridgehead atoms. The number of aromatic nitrogens is 4. The lowest BCUT2D eigenvalue weighted by Crippen LogP contribution is -2.24. The Labute approximate surface area is 105 Å². The normalized spacial score (nSPS) is 11.3. The molecule has 0 spiro atoms. The third-order valence-electron chi connectivity index (χ3n) is 2.28. The highest BCUT2D eigenvalue weighted by atomic mass is 19.4. The summed E-state index contributed by atoms with van der Waals surface area (Å²) in [6.07, 6.45) is -4.37. The highest BCUT2D eigenvalue weighted by molar-refractivity contribution is 5.89. The Kier molecular flexibility index (Phi) is 3.45. The zero-order valence-electron chi connectivity index (χ0n) is 9.40. The van der Waals surface area contributed by atoms with Gasteiger partial charge in [0.15, 0.2) is 0 Å². The van der Waals surface area contributed by atoms with Gasteiger partial charge in [0.1, 0.15) is 0 Å². The van der Waals surface area contributed by atoms with Crippen LogP contribution in [-0.4, -0.2) is 26.5 Å². The van der Waals surface area contributed by atoms with E-state index >= 15 is 0 Å². The summed E-state index contributed by atoms with van der Waals surface area (Å²) >= 11 is 0. The number of nitrogens with one attached hydrogen (secondary N) is 2. The van der Waals surface area contributed by atoms with Crippen LogP contribution in [0.5, 0.6) is 0 Å². The average molecular weight is 271 g/mol. The first-order valence-corrected chi connectivity index (χ1v) is 5.14. The van der Waals surface area contributed by atoms with Crippen molar-refractivity contribution < 1.29 is 18.0 Å². The lowest BCUT2D eigenvalue weighted by Gasteiger charge is -2.07. The smallest absolute Gasteiger partial charge is 0.345 e. The number of carbonyl (C=O) groups is 1. The number of carbonyl (C=O) groups excluding carboxylic acids is 1. The largest absolute Gasteiger partial charge is 0.416 e. The van der Waals surface area contributed by atoms with Crippen LogP contribution in [0, 0.1) is 0 Å². The number of hydrogen-bond donors (Lipinski definition) is 2. The van der Waals surface area contributed by atoms with E-state index in [1.807, 2.05) is 0 Å². The van der Waals surface area contributed by atoms with Crippen molar-refractivity contribution in [3.63, 3.8) is 0 Å². The van der Waals surface area contributed by atoms with Crippen molar-refractivity contribution in [2.75, 3.05) is 0 Å². The van der Waals surface area contributed by atoms with Gasteiger partial charge in [0.05, 0.1) is 5.56 Å². The van der Waals surface area contributed by atoms with E-state index in [1.165, 1.54) is 12.1 Å². The number of hydrogen-bond acceptors (Lipinski definition) is 4. The zero-order chi connectivity index (χ0) is 13.9. The molecular formula is C10H8F3N5O. The fraction of sp³-hybridized carbons (Fsp3) is 0.200. The molecule has 0 aliphatic heterocycles. The molecule has 2 rings (SSSR count). The number of H-pyrrole nitrogens is 1. The Bertz CT molecular complexity index is 550. The van der Waals surface area contributed by atoms with Crippen LogP contribution >= 0.6 is 0 Å². The van der Waals surface area contributed by atoms with Crippen molar-refractivity contribution in [1.82, 2.24) is 25.9 Å². The molecule has 100 valence electrons. The molecule has 19 heavy (non-hydrogen) atoms. The monoisotopic (exact) mass is 271 g/mol. The summed E-state index contributed by atoms with van der Waals surface area (Å²) in [5, 5.41) is 14.7. The van der Waals surface area contributed by atoms with Gasteiger partial charge in [0.2, 0.25) is 0 Å². The standard InChI is InChI=1S/C10H8F3N5O/c11-10(12,13)7-3-1-6(2-4-7)5-14-9(19)8-15-17-18-16-8/h1-4H,5H2,(H,14,19)(H,15,16,17,18). The summed E-state index contributed by atoms with van der Waals surface area (Å²) in [4.78, 5) is 11.4. The number of tetrazole rings is 1. The molecule has 1 aromatic heterocycles. The van der Waals surface area contributed by atoms with E-state index in [1.54, 1.807) is 0 Å². The number of amides is 1. The summed E-state index contributed by atoms with van der Waals surface area (Å²) in [5.41, 5.74) is -0.203. The maximum absolute atomic E-state index is 12.3. The Hall–Kier alpha value is -2.45. The Balaban J connectivity index is 1.95. The van der Waals surface area contributed by atoms with Crippen LogP contribution in [-0.2, 0) is 12.7 Å². The highest BCUT2D eigenvalue weighted by Crippen LogP contribution is 2.28. The molecule has 2 N–H and O–H groups in total. The van der Waals surface area contributed by atoms with Crippen molar-refractivity contribution in [3.8, 4) is 0 Å². The van der Waals surface area contributed by atoms with Gasteiger partial charge in [-0.3, -0.25) is 4.79 Å². The van der Waals surface area contributed by atoms with Gasteiger partial charge < -0.3 is 5.32 Å². The zero-order valence-corrected chi connectivity index (χ0v) is 9.40. The van der Waals surface area contributed by atoms with E-state index in [0.29, 0.717) is 5.56 Å². The molecule has 1 heterocycles. The van der Waals surface area contributed by atoms with E-state index in [9.17, 15) is 18.0 Å². The summed E-state index contributed by atoms with van der Waals surface area (Å²) in [6.45, 7) is 0.0749. The summed E-state index contributed by atoms with van der Waals surface area (Å²) in [5.74, 6) is -0.694. The second-order valence-corrected chi connectivity index (χ2v) is 3.61. The molecule has 0 saturated heterocycles.